The maximum absolute atomic E-state index is 12.8. The van der Waals surface area contributed by atoms with Crippen molar-refractivity contribution < 1.29 is 4.39 Å². The van der Waals surface area contributed by atoms with Gasteiger partial charge in [0.2, 0.25) is 0 Å². The third-order valence-corrected chi connectivity index (χ3v) is 2.79. The second-order valence-electron chi connectivity index (χ2n) is 3.96. The van der Waals surface area contributed by atoms with E-state index in [1.807, 2.05) is 18.2 Å². The molecular weight excluding hydrogens is 231 g/mol. The summed E-state index contributed by atoms with van der Waals surface area (Å²) in [6.45, 7) is 0.429. The fourth-order valence-electron chi connectivity index (χ4n) is 1.89. The van der Waals surface area contributed by atoms with Gasteiger partial charge in [0.25, 0.3) is 0 Å². The molecule has 0 radical (unpaired) electrons. The van der Waals surface area contributed by atoms with Crippen LogP contribution >= 0.6 is 0 Å². The molecule has 4 nitrogen and oxygen atoms in total. The Kier molecular flexibility index (Phi) is 2.53. The summed E-state index contributed by atoms with van der Waals surface area (Å²) in [6, 6.07) is 8.73. The summed E-state index contributed by atoms with van der Waals surface area (Å²) in [5.74, 6) is 0.253. The Morgan fingerprint density at radius 1 is 1.22 bits per heavy atom. The van der Waals surface area contributed by atoms with Gasteiger partial charge in [0.05, 0.1) is 17.2 Å². The Labute approximate surface area is 103 Å². The average Bonchev–Trinajstić information content (AvgIpc) is 2.83. The number of pyridine rings is 1. The Hall–Kier alpha value is -2.27. The number of nitrogens with one attached hydrogen (secondary N) is 1. The summed E-state index contributed by atoms with van der Waals surface area (Å²) in [7, 11) is 0. The van der Waals surface area contributed by atoms with E-state index < -0.39 is 0 Å². The van der Waals surface area contributed by atoms with E-state index in [4.69, 9.17) is 5.73 Å². The molecule has 2 aromatic heterocycles. The molecule has 0 spiro atoms. The van der Waals surface area contributed by atoms with Gasteiger partial charge in [0.1, 0.15) is 11.5 Å². The zero-order valence-electron chi connectivity index (χ0n) is 9.52. The molecular formula is C13H11FN4. The molecule has 0 aliphatic rings. The van der Waals surface area contributed by atoms with Gasteiger partial charge in [0.15, 0.2) is 5.82 Å². The Morgan fingerprint density at radius 3 is 2.83 bits per heavy atom. The molecule has 0 fully saturated rings. The van der Waals surface area contributed by atoms with Crippen molar-refractivity contribution >= 4 is 11.0 Å². The van der Waals surface area contributed by atoms with Gasteiger partial charge in [0, 0.05) is 6.54 Å². The molecule has 0 amide bonds. The monoisotopic (exact) mass is 242 g/mol. The Bertz CT molecular complexity index is 688. The third-order valence-electron chi connectivity index (χ3n) is 2.79. The highest BCUT2D eigenvalue weighted by atomic mass is 19.1. The van der Waals surface area contributed by atoms with E-state index in [0.717, 1.165) is 16.6 Å². The topological polar surface area (TPSA) is 67.6 Å². The SMILES string of the molecule is NCc1cccc2[nH]c(-c3ccc(F)cn3)nc12. The van der Waals surface area contributed by atoms with Crippen LogP contribution in [0.25, 0.3) is 22.6 Å². The smallest absolute Gasteiger partial charge is 0.157 e. The van der Waals surface area contributed by atoms with Crippen molar-refractivity contribution in [2.75, 3.05) is 0 Å². The summed E-state index contributed by atoms with van der Waals surface area (Å²) in [6.07, 6.45) is 1.17. The van der Waals surface area contributed by atoms with Gasteiger partial charge in [-0.05, 0) is 23.8 Å². The van der Waals surface area contributed by atoms with Crippen molar-refractivity contribution in [3.05, 3.63) is 47.9 Å². The van der Waals surface area contributed by atoms with Gasteiger partial charge >= 0.3 is 0 Å². The lowest BCUT2D eigenvalue weighted by Crippen LogP contribution is -1.96. The number of aromatic nitrogens is 3. The number of hydrogen-bond acceptors (Lipinski definition) is 3. The van der Waals surface area contributed by atoms with Crippen molar-refractivity contribution in [2.24, 2.45) is 5.73 Å². The largest absolute Gasteiger partial charge is 0.337 e. The first-order chi connectivity index (χ1) is 8.78. The van der Waals surface area contributed by atoms with Crippen LogP contribution in [0.3, 0.4) is 0 Å². The molecule has 3 aromatic rings. The molecule has 3 rings (SSSR count). The number of nitrogens with zero attached hydrogens (tertiary/aromatic N) is 2. The highest BCUT2D eigenvalue weighted by Gasteiger charge is 2.08. The standard InChI is InChI=1S/C13H11FN4/c14-9-4-5-11(16-7-9)13-17-10-3-1-2-8(6-15)12(10)18-13/h1-5,7H,6,15H2,(H,17,18). The predicted molar refractivity (Wildman–Crippen MR) is 67.2 cm³/mol. The molecule has 1 aromatic carbocycles. The fourth-order valence-corrected chi connectivity index (χ4v) is 1.89. The third kappa shape index (κ3) is 1.74. The van der Waals surface area contributed by atoms with Gasteiger partial charge in [-0.15, -0.1) is 0 Å². The summed E-state index contributed by atoms with van der Waals surface area (Å²) in [4.78, 5) is 11.6. The number of fused-ring (bicyclic) bond motifs is 1. The summed E-state index contributed by atoms with van der Waals surface area (Å²) in [5.41, 5.74) is 8.98. The lowest BCUT2D eigenvalue weighted by molar-refractivity contribution is 0.621. The molecule has 0 saturated heterocycles. The van der Waals surface area contributed by atoms with E-state index in [0.29, 0.717) is 18.1 Å². The number of hydrogen-bond donors (Lipinski definition) is 2. The van der Waals surface area contributed by atoms with Gasteiger partial charge in [-0.2, -0.15) is 0 Å². The van der Waals surface area contributed by atoms with Crippen LogP contribution in [0, 0.1) is 5.82 Å². The number of benzene rings is 1. The molecule has 0 unspecified atom stereocenters. The summed E-state index contributed by atoms with van der Waals surface area (Å²) < 4.78 is 12.8. The Morgan fingerprint density at radius 2 is 2.11 bits per heavy atom. The van der Waals surface area contributed by atoms with Gasteiger partial charge in [-0.25, -0.2) is 14.4 Å². The molecule has 0 bridgehead atoms. The lowest BCUT2D eigenvalue weighted by atomic mass is 10.2. The van der Waals surface area contributed by atoms with E-state index >= 15 is 0 Å². The number of nitrogens with two attached hydrogens (primary N) is 1. The summed E-state index contributed by atoms with van der Waals surface area (Å²) >= 11 is 0. The van der Waals surface area contributed by atoms with E-state index in [1.165, 1.54) is 12.3 Å². The highest BCUT2D eigenvalue weighted by Crippen LogP contribution is 2.21. The quantitative estimate of drug-likeness (QED) is 0.724. The molecule has 0 aliphatic heterocycles. The molecule has 5 heteroatoms. The van der Waals surface area contributed by atoms with Crippen molar-refractivity contribution in [3.8, 4) is 11.5 Å². The molecule has 0 aliphatic carbocycles. The van der Waals surface area contributed by atoms with Crippen LogP contribution in [-0.4, -0.2) is 15.0 Å². The first-order valence-corrected chi connectivity index (χ1v) is 5.57. The van der Waals surface area contributed by atoms with E-state index in [1.54, 1.807) is 6.07 Å². The van der Waals surface area contributed by atoms with Crippen LogP contribution in [0.4, 0.5) is 4.39 Å². The fraction of sp³-hybridized carbons (Fsp3) is 0.0769. The average molecular weight is 242 g/mol. The second kappa shape index (κ2) is 4.19. The van der Waals surface area contributed by atoms with E-state index in [-0.39, 0.29) is 5.82 Å². The highest BCUT2D eigenvalue weighted by molar-refractivity contribution is 5.81. The number of H-pyrrole nitrogens is 1. The summed E-state index contributed by atoms with van der Waals surface area (Å²) in [5, 5.41) is 0. The maximum atomic E-state index is 12.8. The minimum atomic E-state index is -0.363. The van der Waals surface area contributed by atoms with E-state index in [9.17, 15) is 4.39 Å². The minimum absolute atomic E-state index is 0.363. The van der Waals surface area contributed by atoms with Gasteiger partial charge in [-0.3, -0.25) is 0 Å². The maximum Gasteiger partial charge on any atom is 0.157 e. The van der Waals surface area contributed by atoms with Gasteiger partial charge in [-0.1, -0.05) is 12.1 Å². The van der Waals surface area contributed by atoms with Crippen molar-refractivity contribution in [1.29, 1.82) is 0 Å². The second-order valence-corrected chi connectivity index (χ2v) is 3.96. The normalized spacial score (nSPS) is 11.0. The molecule has 3 N–H and O–H groups in total. The molecule has 90 valence electrons. The van der Waals surface area contributed by atoms with Crippen molar-refractivity contribution in [2.45, 2.75) is 6.54 Å². The zero-order chi connectivity index (χ0) is 12.5. The molecule has 18 heavy (non-hydrogen) atoms. The van der Waals surface area contributed by atoms with Crippen LogP contribution in [0.1, 0.15) is 5.56 Å². The Balaban J connectivity index is 2.16. The van der Waals surface area contributed by atoms with Gasteiger partial charge < -0.3 is 10.7 Å². The van der Waals surface area contributed by atoms with Crippen LogP contribution in [-0.2, 0) is 6.54 Å². The molecule has 0 saturated carbocycles. The predicted octanol–water partition coefficient (Wildman–Crippen LogP) is 2.22. The number of halogens is 1. The van der Waals surface area contributed by atoms with Crippen LogP contribution in [0.2, 0.25) is 0 Å². The van der Waals surface area contributed by atoms with Crippen molar-refractivity contribution in [3.63, 3.8) is 0 Å². The number of imidazole rings is 1. The van der Waals surface area contributed by atoms with E-state index in [2.05, 4.69) is 15.0 Å². The van der Waals surface area contributed by atoms with Crippen molar-refractivity contribution in [1.82, 2.24) is 15.0 Å². The van der Waals surface area contributed by atoms with Crippen LogP contribution < -0.4 is 5.73 Å². The first kappa shape index (κ1) is 10.9. The molecule has 2 heterocycles. The lowest BCUT2D eigenvalue weighted by Gasteiger charge is -1.95. The molecule has 0 atom stereocenters. The number of rotatable bonds is 2. The van der Waals surface area contributed by atoms with Crippen LogP contribution in [0.5, 0.6) is 0 Å². The zero-order valence-corrected chi connectivity index (χ0v) is 9.52. The van der Waals surface area contributed by atoms with Crippen LogP contribution in [0.15, 0.2) is 36.5 Å². The first-order valence-electron chi connectivity index (χ1n) is 5.57. The number of aromatic amines is 1. The minimum Gasteiger partial charge on any atom is -0.337 e. The number of para-hydroxylation sites is 1.